The maximum absolute atomic E-state index is 13.7. The van der Waals surface area contributed by atoms with Gasteiger partial charge in [0.25, 0.3) is 5.91 Å². The van der Waals surface area contributed by atoms with Gasteiger partial charge < -0.3 is 10.4 Å². The van der Waals surface area contributed by atoms with Crippen LogP contribution in [0.5, 0.6) is 0 Å². The number of amides is 1. The van der Waals surface area contributed by atoms with E-state index >= 15 is 0 Å². The maximum Gasteiger partial charge on any atom is 0.261 e. The van der Waals surface area contributed by atoms with E-state index < -0.39 is 0 Å². The molecule has 1 atom stereocenters. The Morgan fingerprint density at radius 1 is 1.43 bits per heavy atom. The number of nitrogens with one attached hydrogen (secondary N) is 1. The molecule has 0 bridgehead atoms. The average Bonchev–Trinajstić information content (AvgIpc) is 2.82. The highest BCUT2D eigenvalue weighted by Crippen LogP contribution is 2.28. The van der Waals surface area contributed by atoms with Gasteiger partial charge in [0.2, 0.25) is 0 Å². The van der Waals surface area contributed by atoms with Crippen LogP contribution in [-0.4, -0.2) is 23.7 Å². The Bertz CT molecular complexity index is 645. The van der Waals surface area contributed by atoms with Gasteiger partial charge in [-0.15, -0.1) is 11.3 Å². The van der Waals surface area contributed by atoms with Crippen molar-refractivity contribution >= 4 is 27.3 Å². The van der Waals surface area contributed by atoms with Gasteiger partial charge >= 0.3 is 0 Å². The minimum atomic E-state index is -0.314. The second-order valence-corrected chi connectivity index (χ2v) is 7.25. The van der Waals surface area contributed by atoms with Crippen molar-refractivity contribution in [3.8, 4) is 0 Å². The number of rotatable bonds is 4. The van der Waals surface area contributed by atoms with Crippen molar-refractivity contribution in [2.45, 2.75) is 33.2 Å². The maximum atomic E-state index is 13.7. The van der Waals surface area contributed by atoms with Crippen molar-refractivity contribution in [1.82, 2.24) is 5.32 Å². The highest BCUT2D eigenvalue weighted by Gasteiger charge is 2.26. The standard InChI is InChI=1S/C16H20FNO2S/c1-16(2,3)14(7-8-19)18-15(20)13-9-10-11(17)5-4-6-12(10)21-13/h4-6,9,14,19H,7-8H2,1-3H3,(H,18,20). The molecule has 5 heteroatoms. The summed E-state index contributed by atoms with van der Waals surface area (Å²) in [6.45, 7) is 6.05. The number of thiophene rings is 1. The van der Waals surface area contributed by atoms with Crippen LogP contribution in [0.3, 0.4) is 0 Å². The van der Waals surface area contributed by atoms with Gasteiger partial charge in [-0.3, -0.25) is 4.79 Å². The first kappa shape index (κ1) is 15.9. The summed E-state index contributed by atoms with van der Waals surface area (Å²) in [7, 11) is 0. The molecule has 1 amide bonds. The summed E-state index contributed by atoms with van der Waals surface area (Å²) in [5, 5.41) is 12.6. The molecule has 2 aromatic rings. The first-order chi connectivity index (χ1) is 9.82. The summed E-state index contributed by atoms with van der Waals surface area (Å²) in [5.41, 5.74) is -0.152. The number of hydrogen-bond donors (Lipinski definition) is 2. The van der Waals surface area contributed by atoms with E-state index in [1.54, 1.807) is 18.2 Å². The summed E-state index contributed by atoms with van der Waals surface area (Å²) < 4.78 is 14.4. The van der Waals surface area contributed by atoms with Gasteiger partial charge in [0, 0.05) is 22.7 Å². The largest absolute Gasteiger partial charge is 0.396 e. The topological polar surface area (TPSA) is 49.3 Å². The fourth-order valence-electron chi connectivity index (χ4n) is 2.22. The molecule has 0 saturated carbocycles. The van der Waals surface area contributed by atoms with Crippen molar-refractivity contribution < 1.29 is 14.3 Å². The molecule has 0 fully saturated rings. The second kappa shape index (κ2) is 6.12. The summed E-state index contributed by atoms with van der Waals surface area (Å²) in [5.74, 6) is -0.533. The summed E-state index contributed by atoms with van der Waals surface area (Å²) in [4.78, 5) is 12.8. The molecule has 1 aromatic carbocycles. The highest BCUT2D eigenvalue weighted by molar-refractivity contribution is 7.20. The fraction of sp³-hybridized carbons (Fsp3) is 0.438. The van der Waals surface area contributed by atoms with Gasteiger partial charge in [0.15, 0.2) is 0 Å². The van der Waals surface area contributed by atoms with Crippen LogP contribution in [-0.2, 0) is 0 Å². The van der Waals surface area contributed by atoms with Gasteiger partial charge in [-0.25, -0.2) is 4.39 Å². The molecule has 0 aliphatic carbocycles. The van der Waals surface area contributed by atoms with Gasteiger partial charge in [-0.2, -0.15) is 0 Å². The smallest absolute Gasteiger partial charge is 0.261 e. The number of carbonyl (C=O) groups excluding carboxylic acids is 1. The Hall–Kier alpha value is -1.46. The molecule has 3 nitrogen and oxygen atoms in total. The normalized spacial score (nSPS) is 13.4. The zero-order valence-corrected chi connectivity index (χ0v) is 13.3. The Balaban J connectivity index is 2.23. The van der Waals surface area contributed by atoms with Gasteiger partial charge in [0.05, 0.1) is 4.88 Å². The third kappa shape index (κ3) is 3.60. The molecule has 114 valence electrons. The first-order valence-corrected chi connectivity index (χ1v) is 7.74. The van der Waals surface area contributed by atoms with Crippen molar-refractivity contribution in [3.63, 3.8) is 0 Å². The lowest BCUT2D eigenvalue weighted by atomic mass is 9.85. The molecule has 1 heterocycles. The summed E-state index contributed by atoms with van der Waals surface area (Å²) in [6, 6.07) is 6.28. The minimum Gasteiger partial charge on any atom is -0.396 e. The Morgan fingerprint density at radius 3 is 2.71 bits per heavy atom. The predicted molar refractivity (Wildman–Crippen MR) is 84.2 cm³/mol. The molecule has 0 aliphatic rings. The molecule has 2 N–H and O–H groups in total. The molecule has 1 aromatic heterocycles. The number of fused-ring (bicyclic) bond motifs is 1. The zero-order chi connectivity index (χ0) is 15.6. The molecule has 0 aliphatic heterocycles. The Labute approximate surface area is 127 Å². The van der Waals surface area contributed by atoms with E-state index in [9.17, 15) is 9.18 Å². The molecule has 21 heavy (non-hydrogen) atoms. The van der Waals surface area contributed by atoms with Crippen LogP contribution in [0.2, 0.25) is 0 Å². The summed E-state index contributed by atoms with van der Waals surface area (Å²) in [6.07, 6.45) is 0.495. The molecule has 0 radical (unpaired) electrons. The average molecular weight is 309 g/mol. The summed E-state index contributed by atoms with van der Waals surface area (Å²) >= 11 is 1.28. The van der Waals surface area contributed by atoms with Crippen LogP contribution < -0.4 is 5.32 Å². The van der Waals surface area contributed by atoms with Crippen LogP contribution >= 0.6 is 11.3 Å². The Morgan fingerprint density at radius 2 is 2.14 bits per heavy atom. The number of benzene rings is 1. The van der Waals surface area contributed by atoms with Crippen LogP contribution in [0.15, 0.2) is 24.3 Å². The van der Waals surface area contributed by atoms with Gasteiger partial charge in [-0.1, -0.05) is 26.8 Å². The van der Waals surface area contributed by atoms with E-state index in [2.05, 4.69) is 5.32 Å². The van der Waals surface area contributed by atoms with Crippen LogP contribution in [0.25, 0.3) is 10.1 Å². The molecule has 0 spiro atoms. The van der Waals surface area contributed by atoms with Gasteiger partial charge in [-0.05, 0) is 30.0 Å². The van der Waals surface area contributed by atoms with Gasteiger partial charge in [0.1, 0.15) is 5.82 Å². The van der Waals surface area contributed by atoms with E-state index in [4.69, 9.17) is 5.11 Å². The lowest BCUT2D eigenvalue weighted by Crippen LogP contribution is -2.44. The lowest BCUT2D eigenvalue weighted by Gasteiger charge is -2.30. The van der Waals surface area contributed by atoms with Crippen LogP contribution in [0, 0.1) is 11.2 Å². The van der Waals surface area contributed by atoms with Crippen molar-refractivity contribution in [3.05, 3.63) is 35.0 Å². The highest BCUT2D eigenvalue weighted by atomic mass is 32.1. The van der Waals surface area contributed by atoms with Crippen molar-refractivity contribution in [2.75, 3.05) is 6.61 Å². The van der Waals surface area contributed by atoms with Crippen LogP contribution in [0.4, 0.5) is 4.39 Å². The third-order valence-electron chi connectivity index (χ3n) is 3.50. The predicted octanol–water partition coefficient (Wildman–Crippen LogP) is 3.57. The second-order valence-electron chi connectivity index (χ2n) is 6.17. The third-order valence-corrected chi connectivity index (χ3v) is 4.60. The van der Waals surface area contributed by atoms with E-state index in [-0.39, 0.29) is 29.8 Å². The van der Waals surface area contributed by atoms with E-state index in [1.165, 1.54) is 17.4 Å². The molecular weight excluding hydrogens is 289 g/mol. The molecule has 0 saturated heterocycles. The number of carbonyl (C=O) groups is 1. The number of hydrogen-bond acceptors (Lipinski definition) is 3. The number of halogens is 1. The van der Waals surface area contributed by atoms with Crippen molar-refractivity contribution in [2.24, 2.45) is 5.41 Å². The Kier molecular flexibility index (Phi) is 4.64. The number of aliphatic hydroxyl groups is 1. The lowest BCUT2D eigenvalue weighted by molar-refractivity contribution is 0.0889. The SMILES string of the molecule is CC(C)(C)C(CCO)NC(=O)c1cc2c(F)cccc2s1. The molecular formula is C16H20FNO2S. The first-order valence-electron chi connectivity index (χ1n) is 6.92. The molecule has 1 unspecified atom stereocenters. The van der Waals surface area contributed by atoms with E-state index in [0.29, 0.717) is 16.7 Å². The zero-order valence-electron chi connectivity index (χ0n) is 12.4. The van der Waals surface area contributed by atoms with Crippen LogP contribution in [0.1, 0.15) is 36.9 Å². The van der Waals surface area contributed by atoms with E-state index in [1.807, 2.05) is 20.8 Å². The van der Waals surface area contributed by atoms with Crippen molar-refractivity contribution in [1.29, 1.82) is 0 Å². The quantitative estimate of drug-likeness (QED) is 0.907. The monoisotopic (exact) mass is 309 g/mol. The molecule has 2 rings (SSSR count). The fourth-order valence-corrected chi connectivity index (χ4v) is 3.20. The van der Waals surface area contributed by atoms with E-state index in [0.717, 1.165) is 4.70 Å². The number of aliphatic hydroxyl groups excluding tert-OH is 1. The minimum absolute atomic E-state index is 0.0171.